The van der Waals surface area contributed by atoms with Crippen LogP contribution in [-0.4, -0.2) is 16.2 Å². The first-order valence-corrected chi connectivity index (χ1v) is 7.90. The summed E-state index contributed by atoms with van der Waals surface area (Å²) in [6.07, 6.45) is 6.09. The molecule has 3 nitrogen and oxygen atoms in total. The molecule has 0 bridgehead atoms. The summed E-state index contributed by atoms with van der Waals surface area (Å²) in [4.78, 5) is 10.9. The van der Waals surface area contributed by atoms with E-state index in [1.54, 1.807) is 18.2 Å². The highest BCUT2D eigenvalue weighted by atomic mass is 16.4. The number of aliphatic hydroxyl groups excluding tert-OH is 1. The second kappa shape index (κ2) is 7.73. The topological polar surface area (TPSA) is 57.5 Å². The maximum atomic E-state index is 11.0. The van der Waals surface area contributed by atoms with Gasteiger partial charge in [0.05, 0.1) is 0 Å². The van der Waals surface area contributed by atoms with Crippen molar-refractivity contribution in [2.24, 2.45) is 22.7 Å². The van der Waals surface area contributed by atoms with Gasteiger partial charge >= 0.3 is 5.97 Å². The number of rotatable bonds is 5. The molecule has 0 aromatic heterocycles. The number of aliphatic carboxylic acids is 1. The average Bonchev–Trinajstić information content (AvgIpc) is 2.44. The van der Waals surface area contributed by atoms with Crippen LogP contribution in [0.1, 0.15) is 35.1 Å². The summed E-state index contributed by atoms with van der Waals surface area (Å²) >= 11 is 0. The smallest absolute Gasteiger partial charge is 0.328 e. The largest absolute Gasteiger partial charge is 0.511 e. The second-order valence-electron chi connectivity index (χ2n) is 7.53. The Bertz CT molecular complexity index is 645. The van der Waals surface area contributed by atoms with Crippen LogP contribution in [0.2, 0.25) is 0 Å². The molecule has 25 heavy (non-hydrogen) atoms. The van der Waals surface area contributed by atoms with Crippen molar-refractivity contribution in [2.45, 2.75) is 35.1 Å². The zero-order valence-electron chi connectivity index (χ0n) is 15.1. The molecule has 1 rings (SSSR count). The van der Waals surface area contributed by atoms with Gasteiger partial charge in [0, 0.05) is 28.9 Å². The van der Waals surface area contributed by atoms with Gasteiger partial charge in [-0.25, -0.2) is 4.79 Å². The standard InChI is InChI=1S/C21H28O3.CH4/c1-9-21(8,10-2)18-14(4)15(11-12-16(22)23)13(3)17(19(18)24)20(5,6)7;/h9-12,15,17,24H,1-4H2,5-8H3,(H,22,23);1H4. The first-order valence-electron chi connectivity index (χ1n) is 7.90. The number of carboxylic acids is 1. The number of carbonyl (C=O) groups is 1. The molecule has 1 aliphatic rings. The van der Waals surface area contributed by atoms with Gasteiger partial charge in [-0.1, -0.05) is 65.2 Å². The molecule has 1 aliphatic carbocycles. The van der Waals surface area contributed by atoms with E-state index in [4.69, 9.17) is 5.11 Å². The monoisotopic (exact) mass is 344 g/mol. The Morgan fingerprint density at radius 3 is 1.96 bits per heavy atom. The first-order chi connectivity index (χ1) is 10.9. The highest BCUT2D eigenvalue weighted by molar-refractivity contribution is 5.80. The summed E-state index contributed by atoms with van der Waals surface area (Å²) in [5.41, 5.74) is 1.05. The van der Waals surface area contributed by atoms with Crippen molar-refractivity contribution in [3.05, 3.63) is 73.1 Å². The van der Waals surface area contributed by atoms with E-state index in [1.807, 2.05) is 27.7 Å². The lowest BCUT2D eigenvalue weighted by atomic mass is 9.61. The van der Waals surface area contributed by atoms with Gasteiger partial charge < -0.3 is 10.2 Å². The van der Waals surface area contributed by atoms with Gasteiger partial charge in [-0.05, 0) is 17.9 Å². The lowest BCUT2D eigenvalue weighted by molar-refractivity contribution is -0.131. The van der Waals surface area contributed by atoms with E-state index in [0.717, 1.165) is 11.6 Å². The Labute approximate surface area is 152 Å². The quantitative estimate of drug-likeness (QED) is 0.485. The summed E-state index contributed by atoms with van der Waals surface area (Å²) in [7, 11) is 0. The molecule has 2 atom stereocenters. The number of aliphatic hydroxyl groups is 1. The molecular weight excluding hydrogens is 312 g/mol. The van der Waals surface area contributed by atoms with E-state index in [0.29, 0.717) is 11.1 Å². The molecular formula is C22H32O3. The summed E-state index contributed by atoms with van der Waals surface area (Å²) in [6, 6.07) is 0. The molecule has 0 radical (unpaired) electrons. The number of allylic oxidation sites excluding steroid dienone is 6. The van der Waals surface area contributed by atoms with Crippen molar-refractivity contribution in [1.29, 1.82) is 0 Å². The van der Waals surface area contributed by atoms with E-state index in [9.17, 15) is 9.90 Å². The van der Waals surface area contributed by atoms with Gasteiger partial charge in [0.1, 0.15) is 5.76 Å². The molecule has 0 heterocycles. The Morgan fingerprint density at radius 2 is 1.60 bits per heavy atom. The van der Waals surface area contributed by atoms with Gasteiger partial charge in [-0.2, -0.15) is 0 Å². The highest BCUT2D eigenvalue weighted by Crippen LogP contribution is 2.52. The maximum absolute atomic E-state index is 11.0. The predicted octanol–water partition coefficient (Wildman–Crippen LogP) is 5.86. The van der Waals surface area contributed by atoms with Gasteiger partial charge in [0.25, 0.3) is 0 Å². The van der Waals surface area contributed by atoms with Crippen LogP contribution in [0, 0.1) is 22.7 Å². The van der Waals surface area contributed by atoms with Crippen LogP contribution in [-0.2, 0) is 4.79 Å². The van der Waals surface area contributed by atoms with Crippen molar-refractivity contribution in [2.75, 3.05) is 0 Å². The fourth-order valence-electron chi connectivity index (χ4n) is 3.34. The van der Waals surface area contributed by atoms with Gasteiger partial charge in [0.15, 0.2) is 0 Å². The van der Waals surface area contributed by atoms with Crippen molar-refractivity contribution in [3.63, 3.8) is 0 Å². The van der Waals surface area contributed by atoms with Gasteiger partial charge in [-0.15, -0.1) is 13.2 Å². The summed E-state index contributed by atoms with van der Waals surface area (Å²) < 4.78 is 0. The van der Waals surface area contributed by atoms with E-state index in [2.05, 4.69) is 26.3 Å². The Kier molecular flexibility index (Phi) is 7.02. The number of carboxylic acid groups (broad SMARTS) is 1. The molecule has 0 aromatic rings. The lowest BCUT2D eigenvalue weighted by Gasteiger charge is -2.44. The molecule has 0 aromatic carbocycles. The van der Waals surface area contributed by atoms with E-state index in [-0.39, 0.29) is 30.4 Å². The average molecular weight is 344 g/mol. The third-order valence-electron chi connectivity index (χ3n) is 4.68. The normalized spacial score (nSPS) is 21.9. The van der Waals surface area contributed by atoms with Crippen LogP contribution < -0.4 is 0 Å². The van der Waals surface area contributed by atoms with E-state index < -0.39 is 11.4 Å². The fraction of sp³-hybridized carbons (Fsp3) is 0.409. The molecule has 2 unspecified atom stereocenters. The minimum atomic E-state index is -1.03. The van der Waals surface area contributed by atoms with Crippen LogP contribution in [0.15, 0.2) is 73.1 Å². The molecule has 3 heteroatoms. The third-order valence-corrected chi connectivity index (χ3v) is 4.68. The van der Waals surface area contributed by atoms with Crippen LogP contribution in [0.5, 0.6) is 0 Å². The summed E-state index contributed by atoms with van der Waals surface area (Å²) in [6.45, 7) is 23.9. The summed E-state index contributed by atoms with van der Waals surface area (Å²) in [5, 5.41) is 20.0. The van der Waals surface area contributed by atoms with Gasteiger partial charge in [0.2, 0.25) is 0 Å². The van der Waals surface area contributed by atoms with Crippen molar-refractivity contribution in [1.82, 2.24) is 0 Å². The minimum absolute atomic E-state index is 0. The molecule has 0 saturated carbocycles. The maximum Gasteiger partial charge on any atom is 0.328 e. The zero-order valence-corrected chi connectivity index (χ0v) is 15.1. The van der Waals surface area contributed by atoms with Crippen molar-refractivity contribution in [3.8, 4) is 0 Å². The van der Waals surface area contributed by atoms with Gasteiger partial charge in [-0.3, -0.25) is 0 Å². The molecule has 2 N–H and O–H groups in total. The summed E-state index contributed by atoms with van der Waals surface area (Å²) in [5.74, 6) is -1.51. The van der Waals surface area contributed by atoms with E-state index in [1.165, 1.54) is 0 Å². The molecule has 138 valence electrons. The van der Waals surface area contributed by atoms with Crippen LogP contribution in [0.4, 0.5) is 0 Å². The Hall–Kier alpha value is -2.29. The molecule has 0 spiro atoms. The fourth-order valence-corrected chi connectivity index (χ4v) is 3.34. The predicted molar refractivity (Wildman–Crippen MR) is 106 cm³/mol. The minimum Gasteiger partial charge on any atom is -0.511 e. The lowest BCUT2D eigenvalue weighted by Crippen LogP contribution is -2.35. The highest BCUT2D eigenvalue weighted by Gasteiger charge is 2.44. The Morgan fingerprint density at radius 1 is 1.12 bits per heavy atom. The van der Waals surface area contributed by atoms with E-state index >= 15 is 0 Å². The third kappa shape index (κ3) is 4.22. The number of hydrogen-bond donors (Lipinski definition) is 2. The molecule has 0 amide bonds. The number of hydrogen-bond acceptors (Lipinski definition) is 2. The molecule has 0 aliphatic heterocycles. The van der Waals surface area contributed by atoms with Crippen molar-refractivity contribution < 1.29 is 15.0 Å². The zero-order chi connectivity index (χ0) is 18.9. The first kappa shape index (κ1) is 22.7. The van der Waals surface area contributed by atoms with Crippen LogP contribution in [0.25, 0.3) is 0 Å². The molecule has 0 fully saturated rings. The SMILES string of the molecule is C.C=CC(C)(C=C)C1=C(O)C(C(C)(C)C)C(=C)C(C=CC(=O)O)C1=C. The molecule has 0 saturated heterocycles. The van der Waals surface area contributed by atoms with Crippen molar-refractivity contribution >= 4 is 5.97 Å². The Balaban J connectivity index is 0.00000576. The second-order valence-corrected chi connectivity index (χ2v) is 7.53. The van der Waals surface area contributed by atoms with Crippen LogP contribution in [0.3, 0.4) is 0 Å². The van der Waals surface area contributed by atoms with Crippen LogP contribution >= 0.6 is 0 Å².